The number of hydrogen-bond donors (Lipinski definition) is 1. The molecule has 0 atom stereocenters. The van der Waals surface area contributed by atoms with E-state index in [1.54, 1.807) is 30.3 Å². The lowest BCUT2D eigenvalue weighted by Crippen LogP contribution is -1.92. The second-order valence-electron chi connectivity index (χ2n) is 4.06. The quantitative estimate of drug-likeness (QED) is 0.579. The van der Waals surface area contributed by atoms with Gasteiger partial charge in [0.1, 0.15) is 5.52 Å². The van der Waals surface area contributed by atoms with E-state index < -0.39 is 4.92 Å². The Labute approximate surface area is 118 Å². The van der Waals surface area contributed by atoms with Gasteiger partial charge in [-0.1, -0.05) is 17.7 Å². The summed E-state index contributed by atoms with van der Waals surface area (Å²) in [4.78, 5) is 14.5. The second kappa shape index (κ2) is 4.82. The van der Waals surface area contributed by atoms with Crippen molar-refractivity contribution >= 4 is 40.1 Å². The van der Waals surface area contributed by atoms with E-state index >= 15 is 0 Å². The number of nitrogens with zero attached hydrogens (tertiary/aromatic N) is 2. The van der Waals surface area contributed by atoms with Crippen LogP contribution in [0.4, 0.5) is 17.4 Å². The van der Waals surface area contributed by atoms with Crippen LogP contribution in [0.5, 0.6) is 0 Å². The first-order valence-corrected chi connectivity index (χ1v) is 6.07. The van der Waals surface area contributed by atoms with Crippen molar-refractivity contribution in [1.82, 2.24) is 4.98 Å². The van der Waals surface area contributed by atoms with Gasteiger partial charge in [-0.05, 0) is 18.2 Å². The smallest absolute Gasteiger partial charge is 0.300 e. The van der Waals surface area contributed by atoms with E-state index in [-0.39, 0.29) is 11.7 Å². The number of non-ortho nitro benzene ring substituents is 1. The molecule has 0 spiro atoms. The SMILES string of the molecule is O=[N+]([O-])c1cccc(Nc2nc3ccc(Cl)cc3o2)c1. The first-order chi connectivity index (χ1) is 9.61. The van der Waals surface area contributed by atoms with Gasteiger partial charge in [-0.25, -0.2) is 0 Å². The van der Waals surface area contributed by atoms with E-state index in [2.05, 4.69) is 10.3 Å². The molecule has 6 nitrogen and oxygen atoms in total. The maximum absolute atomic E-state index is 10.7. The average Bonchev–Trinajstić information content (AvgIpc) is 2.80. The number of nitro groups is 1. The summed E-state index contributed by atoms with van der Waals surface area (Å²) in [5, 5.41) is 14.1. The zero-order valence-electron chi connectivity index (χ0n) is 10.0. The van der Waals surface area contributed by atoms with Crippen LogP contribution in [-0.4, -0.2) is 9.91 Å². The summed E-state index contributed by atoms with van der Waals surface area (Å²) in [5.41, 5.74) is 1.72. The van der Waals surface area contributed by atoms with Crippen molar-refractivity contribution < 1.29 is 9.34 Å². The van der Waals surface area contributed by atoms with E-state index in [0.717, 1.165) is 0 Å². The number of anilines is 2. The molecule has 0 saturated heterocycles. The molecule has 0 aliphatic rings. The Kier molecular flexibility index (Phi) is 3.00. The minimum atomic E-state index is -0.461. The van der Waals surface area contributed by atoms with Crippen molar-refractivity contribution in [3.63, 3.8) is 0 Å². The molecular formula is C13H8ClN3O3. The Morgan fingerprint density at radius 1 is 1.25 bits per heavy atom. The van der Waals surface area contributed by atoms with E-state index in [4.69, 9.17) is 16.0 Å². The predicted molar refractivity (Wildman–Crippen MR) is 75.4 cm³/mol. The highest BCUT2D eigenvalue weighted by molar-refractivity contribution is 6.31. The lowest BCUT2D eigenvalue weighted by Gasteiger charge is -2.00. The Bertz CT molecular complexity index is 800. The van der Waals surface area contributed by atoms with Crippen LogP contribution in [-0.2, 0) is 0 Å². The second-order valence-corrected chi connectivity index (χ2v) is 4.50. The van der Waals surface area contributed by atoms with Crippen molar-refractivity contribution in [3.8, 4) is 0 Å². The summed E-state index contributed by atoms with van der Waals surface area (Å²) in [5.74, 6) is 0. The minimum Gasteiger partial charge on any atom is -0.423 e. The first-order valence-electron chi connectivity index (χ1n) is 5.69. The molecular weight excluding hydrogens is 282 g/mol. The minimum absolute atomic E-state index is 0.00541. The maximum atomic E-state index is 10.7. The monoisotopic (exact) mass is 289 g/mol. The molecule has 20 heavy (non-hydrogen) atoms. The van der Waals surface area contributed by atoms with Crippen LogP contribution in [0.2, 0.25) is 5.02 Å². The number of aromatic nitrogens is 1. The zero-order valence-corrected chi connectivity index (χ0v) is 10.8. The molecule has 0 amide bonds. The summed E-state index contributed by atoms with van der Waals surface area (Å²) < 4.78 is 5.48. The molecule has 7 heteroatoms. The Hall–Kier alpha value is -2.60. The van der Waals surface area contributed by atoms with Gasteiger partial charge in [-0.15, -0.1) is 0 Å². The molecule has 2 aromatic carbocycles. The van der Waals surface area contributed by atoms with Gasteiger partial charge >= 0.3 is 0 Å². The molecule has 0 saturated carbocycles. The standard InChI is InChI=1S/C13H8ClN3O3/c14-8-4-5-11-12(6-8)20-13(16-11)15-9-2-1-3-10(7-9)17(18)19/h1-7H,(H,15,16). The molecule has 0 bridgehead atoms. The van der Waals surface area contributed by atoms with E-state index in [1.807, 2.05) is 0 Å². The largest absolute Gasteiger partial charge is 0.423 e. The van der Waals surface area contributed by atoms with E-state index in [1.165, 1.54) is 12.1 Å². The van der Waals surface area contributed by atoms with Gasteiger partial charge in [0, 0.05) is 28.9 Å². The molecule has 0 radical (unpaired) electrons. The van der Waals surface area contributed by atoms with Crippen LogP contribution in [0.3, 0.4) is 0 Å². The van der Waals surface area contributed by atoms with Gasteiger partial charge in [-0.3, -0.25) is 10.1 Å². The van der Waals surface area contributed by atoms with Crippen LogP contribution in [0.25, 0.3) is 11.1 Å². The predicted octanol–water partition coefficient (Wildman–Crippen LogP) is 4.13. The highest BCUT2D eigenvalue weighted by Gasteiger charge is 2.09. The lowest BCUT2D eigenvalue weighted by atomic mass is 10.3. The zero-order chi connectivity index (χ0) is 14.1. The fourth-order valence-corrected chi connectivity index (χ4v) is 1.93. The molecule has 3 aromatic rings. The molecule has 1 heterocycles. The van der Waals surface area contributed by atoms with Gasteiger partial charge in [0.05, 0.1) is 4.92 Å². The molecule has 0 aliphatic heterocycles. The Morgan fingerprint density at radius 3 is 2.90 bits per heavy atom. The first kappa shape index (κ1) is 12.4. The summed E-state index contributed by atoms with van der Waals surface area (Å²) in [6, 6.07) is 11.4. The summed E-state index contributed by atoms with van der Waals surface area (Å²) in [6.45, 7) is 0. The molecule has 0 aliphatic carbocycles. The van der Waals surface area contributed by atoms with Crippen LogP contribution < -0.4 is 5.32 Å². The van der Waals surface area contributed by atoms with Crippen LogP contribution in [0.1, 0.15) is 0 Å². The third kappa shape index (κ3) is 2.41. The normalized spacial score (nSPS) is 10.7. The number of oxazole rings is 1. The van der Waals surface area contributed by atoms with Crippen molar-refractivity contribution in [2.45, 2.75) is 0 Å². The summed E-state index contributed by atoms with van der Waals surface area (Å²) >= 11 is 5.86. The van der Waals surface area contributed by atoms with Gasteiger partial charge in [0.25, 0.3) is 11.7 Å². The van der Waals surface area contributed by atoms with Crippen molar-refractivity contribution in [2.75, 3.05) is 5.32 Å². The van der Waals surface area contributed by atoms with Gasteiger partial charge in [0.2, 0.25) is 0 Å². The Morgan fingerprint density at radius 2 is 2.10 bits per heavy atom. The molecule has 100 valence electrons. The fraction of sp³-hybridized carbons (Fsp3) is 0. The van der Waals surface area contributed by atoms with Crippen molar-refractivity contribution in [2.24, 2.45) is 0 Å². The van der Waals surface area contributed by atoms with E-state index in [9.17, 15) is 10.1 Å². The number of hydrogen-bond acceptors (Lipinski definition) is 5. The number of nitro benzene ring substituents is 1. The Balaban J connectivity index is 1.92. The third-order valence-electron chi connectivity index (χ3n) is 2.66. The fourth-order valence-electron chi connectivity index (χ4n) is 1.77. The van der Waals surface area contributed by atoms with Crippen LogP contribution in [0.15, 0.2) is 46.9 Å². The van der Waals surface area contributed by atoms with Crippen LogP contribution in [0, 0.1) is 10.1 Å². The molecule has 1 aromatic heterocycles. The summed E-state index contributed by atoms with van der Waals surface area (Å²) in [6.07, 6.45) is 0. The number of rotatable bonds is 3. The topological polar surface area (TPSA) is 81.2 Å². The van der Waals surface area contributed by atoms with Crippen LogP contribution >= 0.6 is 11.6 Å². The third-order valence-corrected chi connectivity index (χ3v) is 2.89. The number of halogens is 1. The van der Waals surface area contributed by atoms with Crippen molar-refractivity contribution in [3.05, 3.63) is 57.6 Å². The van der Waals surface area contributed by atoms with Gasteiger partial charge in [0.15, 0.2) is 5.58 Å². The average molecular weight is 290 g/mol. The van der Waals surface area contributed by atoms with Gasteiger partial charge in [-0.2, -0.15) is 4.98 Å². The van der Waals surface area contributed by atoms with E-state index in [0.29, 0.717) is 21.8 Å². The number of benzene rings is 2. The van der Waals surface area contributed by atoms with Gasteiger partial charge < -0.3 is 9.73 Å². The number of nitrogens with one attached hydrogen (secondary N) is 1. The molecule has 0 unspecified atom stereocenters. The maximum Gasteiger partial charge on any atom is 0.300 e. The lowest BCUT2D eigenvalue weighted by molar-refractivity contribution is -0.384. The highest BCUT2D eigenvalue weighted by Crippen LogP contribution is 2.25. The number of fused-ring (bicyclic) bond motifs is 1. The molecule has 3 rings (SSSR count). The molecule has 1 N–H and O–H groups in total. The van der Waals surface area contributed by atoms with Crippen molar-refractivity contribution in [1.29, 1.82) is 0 Å². The summed E-state index contributed by atoms with van der Waals surface area (Å²) in [7, 11) is 0. The molecule has 0 fully saturated rings. The highest BCUT2D eigenvalue weighted by atomic mass is 35.5.